The molecule has 3 saturated heterocycles. The standard InChI is InChI=1S/C14H20O6.C13H24O3/c15-13(19-7-11-5-17-11)9-1-2-10(4-3-9)14(16)20-8-12-6-18-12;1-13(2,3)8-6-4-5-7-12(14)16-10-11-9-15-11/h9-12H,1-8H2;11H,4-10H2,1-3H3. The summed E-state index contributed by atoms with van der Waals surface area (Å²) in [5.74, 6) is -0.544. The predicted octanol–water partition coefficient (Wildman–Crippen LogP) is 3.60. The number of hydrogen-bond acceptors (Lipinski definition) is 9. The highest BCUT2D eigenvalue weighted by atomic mass is 16.6. The first-order valence-corrected chi connectivity index (χ1v) is 13.5. The molecule has 0 aromatic heterocycles. The summed E-state index contributed by atoms with van der Waals surface area (Å²) in [5.41, 5.74) is 0.407. The molecule has 0 N–H and O–H groups in total. The first-order valence-electron chi connectivity index (χ1n) is 13.5. The fourth-order valence-electron chi connectivity index (χ4n) is 4.00. The molecule has 0 aromatic rings. The highest BCUT2D eigenvalue weighted by Crippen LogP contribution is 2.31. The maximum atomic E-state index is 11.8. The van der Waals surface area contributed by atoms with E-state index in [0.29, 0.717) is 70.6 Å². The lowest BCUT2D eigenvalue weighted by atomic mass is 9.82. The van der Waals surface area contributed by atoms with Crippen LogP contribution in [0.3, 0.4) is 0 Å². The lowest BCUT2D eigenvalue weighted by Gasteiger charge is -2.25. The van der Waals surface area contributed by atoms with Gasteiger partial charge >= 0.3 is 17.9 Å². The lowest BCUT2D eigenvalue weighted by molar-refractivity contribution is -0.155. The van der Waals surface area contributed by atoms with Crippen LogP contribution < -0.4 is 0 Å². The van der Waals surface area contributed by atoms with Gasteiger partial charge in [-0.25, -0.2) is 0 Å². The molecule has 206 valence electrons. The van der Waals surface area contributed by atoms with Crippen LogP contribution in [0.4, 0.5) is 0 Å². The summed E-state index contributed by atoms with van der Waals surface area (Å²) in [6.07, 6.45) is 8.22. The van der Waals surface area contributed by atoms with E-state index in [9.17, 15) is 14.4 Å². The number of unbranched alkanes of at least 4 members (excludes halogenated alkanes) is 2. The van der Waals surface area contributed by atoms with Crippen molar-refractivity contribution in [2.45, 2.75) is 96.9 Å². The van der Waals surface area contributed by atoms with E-state index in [-0.39, 0.29) is 48.1 Å². The summed E-state index contributed by atoms with van der Waals surface area (Å²) in [6.45, 7) is 10.0. The van der Waals surface area contributed by atoms with Crippen LogP contribution in [0.25, 0.3) is 0 Å². The van der Waals surface area contributed by atoms with Gasteiger partial charge in [0.05, 0.1) is 31.7 Å². The zero-order chi connectivity index (χ0) is 26.0. The Kier molecular flexibility index (Phi) is 11.5. The zero-order valence-corrected chi connectivity index (χ0v) is 22.2. The van der Waals surface area contributed by atoms with Crippen LogP contribution in [0, 0.1) is 17.3 Å². The van der Waals surface area contributed by atoms with Crippen LogP contribution >= 0.6 is 0 Å². The maximum Gasteiger partial charge on any atom is 0.309 e. The second kappa shape index (κ2) is 14.3. The Morgan fingerprint density at radius 3 is 1.47 bits per heavy atom. The van der Waals surface area contributed by atoms with E-state index in [2.05, 4.69) is 20.8 Å². The molecule has 3 unspecified atom stereocenters. The Bertz CT molecular complexity index is 661. The molecule has 9 heteroatoms. The summed E-state index contributed by atoms with van der Waals surface area (Å²) in [6, 6.07) is 0. The number of carbonyl (C=O) groups is 3. The Balaban J connectivity index is 0.000000207. The fraction of sp³-hybridized carbons (Fsp3) is 0.889. The van der Waals surface area contributed by atoms with E-state index in [4.69, 9.17) is 28.4 Å². The van der Waals surface area contributed by atoms with Crippen LogP contribution in [0.2, 0.25) is 0 Å². The van der Waals surface area contributed by atoms with Crippen molar-refractivity contribution in [3.8, 4) is 0 Å². The molecule has 3 aliphatic heterocycles. The molecule has 1 aliphatic carbocycles. The molecule has 0 radical (unpaired) electrons. The van der Waals surface area contributed by atoms with Crippen molar-refractivity contribution in [3.63, 3.8) is 0 Å². The topological polar surface area (TPSA) is 116 Å². The zero-order valence-electron chi connectivity index (χ0n) is 22.2. The molecular weight excluding hydrogens is 468 g/mol. The molecular formula is C27H44O9. The van der Waals surface area contributed by atoms with Gasteiger partial charge in [0.15, 0.2) is 0 Å². The van der Waals surface area contributed by atoms with E-state index < -0.39 is 0 Å². The second-order valence-corrected chi connectivity index (χ2v) is 11.5. The van der Waals surface area contributed by atoms with Gasteiger partial charge < -0.3 is 28.4 Å². The van der Waals surface area contributed by atoms with Crippen molar-refractivity contribution in [3.05, 3.63) is 0 Å². The van der Waals surface area contributed by atoms with E-state index >= 15 is 0 Å². The molecule has 0 bridgehead atoms. The summed E-state index contributed by atoms with van der Waals surface area (Å²) in [7, 11) is 0. The minimum absolute atomic E-state index is 0.0775. The molecule has 36 heavy (non-hydrogen) atoms. The maximum absolute atomic E-state index is 11.8. The highest BCUT2D eigenvalue weighted by Gasteiger charge is 2.34. The van der Waals surface area contributed by atoms with Crippen LogP contribution in [0.1, 0.15) is 78.6 Å². The molecule has 0 aromatic carbocycles. The van der Waals surface area contributed by atoms with Crippen LogP contribution in [0.5, 0.6) is 0 Å². The summed E-state index contributed by atoms with van der Waals surface area (Å²) in [4.78, 5) is 34.9. The van der Waals surface area contributed by atoms with Crippen molar-refractivity contribution in [1.29, 1.82) is 0 Å². The number of hydrogen-bond donors (Lipinski definition) is 0. The van der Waals surface area contributed by atoms with Gasteiger partial charge in [0.2, 0.25) is 0 Å². The van der Waals surface area contributed by atoms with E-state index in [1.807, 2.05) is 0 Å². The number of epoxide rings is 3. The first-order chi connectivity index (χ1) is 17.2. The average Bonchev–Trinajstić information content (AvgIpc) is 3.70. The van der Waals surface area contributed by atoms with Gasteiger partial charge in [-0.05, 0) is 43.9 Å². The van der Waals surface area contributed by atoms with E-state index in [0.717, 1.165) is 19.4 Å². The third-order valence-electron chi connectivity index (χ3n) is 6.66. The minimum atomic E-state index is -0.154. The predicted molar refractivity (Wildman–Crippen MR) is 130 cm³/mol. The first kappa shape index (κ1) is 28.9. The highest BCUT2D eigenvalue weighted by molar-refractivity contribution is 5.75. The monoisotopic (exact) mass is 512 g/mol. The second-order valence-electron chi connectivity index (χ2n) is 11.5. The van der Waals surface area contributed by atoms with E-state index in [1.54, 1.807) is 0 Å². The fourth-order valence-corrected chi connectivity index (χ4v) is 4.00. The summed E-state index contributed by atoms with van der Waals surface area (Å²) >= 11 is 0. The third-order valence-corrected chi connectivity index (χ3v) is 6.66. The molecule has 0 spiro atoms. The van der Waals surface area contributed by atoms with Crippen LogP contribution in [-0.2, 0) is 42.8 Å². The molecule has 4 fully saturated rings. The lowest BCUT2D eigenvalue weighted by Crippen LogP contribution is -2.29. The van der Waals surface area contributed by atoms with Gasteiger partial charge in [0.1, 0.15) is 38.1 Å². The number of ether oxygens (including phenoxy) is 6. The quantitative estimate of drug-likeness (QED) is 0.158. The largest absolute Gasteiger partial charge is 0.463 e. The molecule has 9 nitrogen and oxygen atoms in total. The van der Waals surface area contributed by atoms with Gasteiger partial charge in [-0.2, -0.15) is 0 Å². The number of rotatable bonds is 13. The van der Waals surface area contributed by atoms with Gasteiger partial charge in [-0.15, -0.1) is 0 Å². The van der Waals surface area contributed by atoms with Crippen LogP contribution in [-0.4, -0.2) is 75.9 Å². The smallest absolute Gasteiger partial charge is 0.309 e. The van der Waals surface area contributed by atoms with Crippen molar-refractivity contribution in [1.82, 2.24) is 0 Å². The molecule has 0 amide bonds. The number of esters is 3. The Hall–Kier alpha value is -1.71. The number of carbonyl (C=O) groups excluding carboxylic acids is 3. The summed E-state index contributed by atoms with van der Waals surface area (Å²) < 4.78 is 30.4. The Labute approximate surface area is 214 Å². The molecule has 1 saturated carbocycles. The SMILES string of the molecule is CC(C)(C)CCCCCC(=O)OCC1CO1.O=C(OCC1CO1)C1CCC(C(=O)OCC2CO2)CC1. The van der Waals surface area contributed by atoms with Crippen molar-refractivity contribution >= 4 is 17.9 Å². The Morgan fingerprint density at radius 1 is 0.667 bits per heavy atom. The Morgan fingerprint density at radius 2 is 1.08 bits per heavy atom. The molecule has 4 rings (SSSR count). The summed E-state index contributed by atoms with van der Waals surface area (Å²) in [5, 5.41) is 0. The average molecular weight is 513 g/mol. The van der Waals surface area contributed by atoms with Gasteiger partial charge in [0.25, 0.3) is 0 Å². The minimum Gasteiger partial charge on any atom is -0.463 e. The van der Waals surface area contributed by atoms with Crippen molar-refractivity contribution in [2.24, 2.45) is 17.3 Å². The van der Waals surface area contributed by atoms with Crippen LogP contribution in [0.15, 0.2) is 0 Å². The van der Waals surface area contributed by atoms with Crippen molar-refractivity contribution in [2.75, 3.05) is 39.6 Å². The normalized spacial score (nSPS) is 28.2. The van der Waals surface area contributed by atoms with Gasteiger partial charge in [-0.3, -0.25) is 14.4 Å². The third kappa shape index (κ3) is 13.0. The molecule has 4 aliphatic rings. The van der Waals surface area contributed by atoms with Crippen molar-refractivity contribution < 1.29 is 42.8 Å². The van der Waals surface area contributed by atoms with Gasteiger partial charge in [-0.1, -0.05) is 33.6 Å². The molecule has 3 atom stereocenters. The molecule has 3 heterocycles. The van der Waals surface area contributed by atoms with E-state index in [1.165, 1.54) is 12.8 Å². The van der Waals surface area contributed by atoms with Gasteiger partial charge in [0, 0.05) is 6.42 Å².